The summed E-state index contributed by atoms with van der Waals surface area (Å²) >= 11 is 1.51. The largest absolute Gasteiger partial charge is 0.481 e. The number of fused-ring (bicyclic) bond motifs is 1. The van der Waals surface area contributed by atoms with Crippen molar-refractivity contribution in [3.8, 4) is 0 Å². The molecule has 1 aromatic rings. The van der Waals surface area contributed by atoms with Gasteiger partial charge in [0.15, 0.2) is 0 Å². The van der Waals surface area contributed by atoms with Gasteiger partial charge in [0.05, 0.1) is 29.2 Å². The summed E-state index contributed by atoms with van der Waals surface area (Å²) in [4.78, 5) is 44.6. The van der Waals surface area contributed by atoms with Crippen molar-refractivity contribution in [2.75, 3.05) is 13.2 Å². The number of likely N-dealkylation sites (tertiary alicyclic amines) is 1. The molecule has 2 unspecified atom stereocenters. The number of hydrogen-bond acceptors (Lipinski definition) is 5. The van der Waals surface area contributed by atoms with Crippen LogP contribution in [0.25, 0.3) is 0 Å². The molecule has 3 heterocycles. The maximum Gasteiger partial charge on any atom is 0.308 e. The van der Waals surface area contributed by atoms with E-state index in [1.807, 2.05) is 49.1 Å². The van der Waals surface area contributed by atoms with Crippen molar-refractivity contribution in [3.05, 3.63) is 48.6 Å². The molecule has 8 heteroatoms. The Morgan fingerprint density at radius 2 is 1.89 bits per heavy atom. The number of benzene rings is 1. The molecular weight excluding hydrogens is 488 g/mol. The standard InChI is InChI=1S/C29H40N2O5S/c1-7-15-30(28(5,6)17-27(2,3)4)25(34)23-29-14-13-20(37-29)21(26(35)36)22(29)24(33)31(23)19(16-32)18-11-9-8-10-12-18/h7-12,19-23,32H,1,13-17H2,2-6H3,(H,35,36)/t19-,20+,21-,22+,23?,29?/m1/s1. The van der Waals surface area contributed by atoms with Crippen LogP contribution in [0.5, 0.6) is 0 Å². The molecule has 3 fully saturated rings. The molecule has 3 aliphatic rings. The second-order valence-corrected chi connectivity index (χ2v) is 14.1. The SMILES string of the molecule is C=CCN(C(=O)C1N([C@H](CO)c2ccccc2)C(=O)[C@@H]2[C@H](C(=O)O)[C@@H]3CCC12S3)C(C)(C)CC(C)(C)C. The van der Waals surface area contributed by atoms with Crippen LogP contribution in [0.15, 0.2) is 43.0 Å². The first-order valence-electron chi connectivity index (χ1n) is 13.1. The second kappa shape index (κ2) is 9.77. The number of carboxylic acids is 1. The van der Waals surface area contributed by atoms with E-state index in [9.17, 15) is 24.6 Å². The van der Waals surface area contributed by atoms with Crippen molar-refractivity contribution in [2.24, 2.45) is 17.3 Å². The maximum atomic E-state index is 14.7. The smallest absolute Gasteiger partial charge is 0.308 e. The fourth-order valence-electron chi connectivity index (χ4n) is 7.32. The zero-order valence-electron chi connectivity index (χ0n) is 22.5. The third-order valence-corrected chi connectivity index (χ3v) is 10.2. The molecule has 0 aromatic heterocycles. The van der Waals surface area contributed by atoms with Gasteiger partial charge in [-0.2, -0.15) is 0 Å². The third-order valence-electron chi connectivity index (χ3n) is 8.22. The number of aliphatic carboxylic acids is 1. The zero-order chi connectivity index (χ0) is 27.3. The lowest BCUT2D eigenvalue weighted by molar-refractivity contribution is -0.151. The molecule has 202 valence electrons. The third kappa shape index (κ3) is 4.60. The number of carbonyl (C=O) groups is 3. The topological polar surface area (TPSA) is 98.2 Å². The summed E-state index contributed by atoms with van der Waals surface area (Å²) in [7, 11) is 0. The van der Waals surface area contributed by atoms with E-state index in [0.29, 0.717) is 19.4 Å². The van der Waals surface area contributed by atoms with E-state index in [-0.39, 0.29) is 29.1 Å². The number of hydrogen-bond donors (Lipinski definition) is 2. The first-order valence-corrected chi connectivity index (χ1v) is 14.0. The molecule has 4 rings (SSSR count). The van der Waals surface area contributed by atoms with Gasteiger partial charge < -0.3 is 20.0 Å². The van der Waals surface area contributed by atoms with Gasteiger partial charge in [-0.05, 0) is 44.1 Å². The summed E-state index contributed by atoms with van der Waals surface area (Å²) in [6.07, 6.45) is 3.69. The lowest BCUT2D eigenvalue weighted by atomic mass is 9.71. The van der Waals surface area contributed by atoms with Gasteiger partial charge in [-0.15, -0.1) is 18.3 Å². The minimum absolute atomic E-state index is 0.0537. The Hall–Kier alpha value is -2.32. The molecule has 0 aliphatic carbocycles. The number of aliphatic hydroxyl groups is 1. The Labute approximate surface area is 224 Å². The van der Waals surface area contributed by atoms with Crippen LogP contribution in [0.1, 0.15) is 65.5 Å². The van der Waals surface area contributed by atoms with Crippen LogP contribution in [0.3, 0.4) is 0 Å². The fraction of sp³-hybridized carbons (Fsp3) is 0.621. The van der Waals surface area contributed by atoms with E-state index >= 15 is 0 Å². The highest BCUT2D eigenvalue weighted by Gasteiger charge is 2.75. The molecule has 1 aromatic carbocycles. The molecule has 3 saturated heterocycles. The summed E-state index contributed by atoms with van der Waals surface area (Å²) in [6, 6.07) is 7.60. The molecule has 37 heavy (non-hydrogen) atoms. The minimum atomic E-state index is -0.984. The van der Waals surface area contributed by atoms with E-state index in [1.165, 1.54) is 16.7 Å². The van der Waals surface area contributed by atoms with Gasteiger partial charge in [0.25, 0.3) is 0 Å². The lowest BCUT2D eigenvalue weighted by Gasteiger charge is -2.46. The van der Waals surface area contributed by atoms with Gasteiger partial charge in [-0.3, -0.25) is 14.4 Å². The van der Waals surface area contributed by atoms with Crippen molar-refractivity contribution in [1.82, 2.24) is 9.80 Å². The Bertz CT molecular complexity index is 1070. The van der Waals surface area contributed by atoms with Gasteiger partial charge >= 0.3 is 5.97 Å². The normalized spacial score (nSPS) is 29.8. The van der Waals surface area contributed by atoms with Crippen molar-refractivity contribution >= 4 is 29.5 Å². The second-order valence-electron chi connectivity index (χ2n) is 12.5. The van der Waals surface area contributed by atoms with Crippen LogP contribution in [0, 0.1) is 17.3 Å². The Kier molecular flexibility index (Phi) is 7.32. The molecule has 2 bridgehead atoms. The number of amides is 2. The van der Waals surface area contributed by atoms with Gasteiger partial charge in [0.1, 0.15) is 6.04 Å². The monoisotopic (exact) mass is 528 g/mol. The molecule has 7 nitrogen and oxygen atoms in total. The van der Waals surface area contributed by atoms with Gasteiger partial charge in [-0.25, -0.2) is 0 Å². The quantitative estimate of drug-likeness (QED) is 0.468. The van der Waals surface area contributed by atoms with Crippen LogP contribution < -0.4 is 0 Å². The molecule has 2 N–H and O–H groups in total. The first-order chi connectivity index (χ1) is 17.3. The summed E-state index contributed by atoms with van der Waals surface area (Å²) in [6.45, 7) is 14.3. The highest BCUT2D eigenvalue weighted by Crippen LogP contribution is 2.67. The van der Waals surface area contributed by atoms with Gasteiger partial charge in [-0.1, -0.05) is 57.2 Å². The molecule has 2 amide bonds. The maximum absolute atomic E-state index is 14.7. The van der Waals surface area contributed by atoms with Crippen LogP contribution in [-0.2, 0) is 14.4 Å². The zero-order valence-corrected chi connectivity index (χ0v) is 23.3. The molecule has 0 saturated carbocycles. The van der Waals surface area contributed by atoms with Crippen LogP contribution in [-0.4, -0.2) is 72.5 Å². The number of aliphatic hydroxyl groups excluding tert-OH is 1. The predicted molar refractivity (Wildman–Crippen MR) is 145 cm³/mol. The average Bonchev–Trinajstić information content (AvgIpc) is 3.44. The van der Waals surface area contributed by atoms with Crippen molar-refractivity contribution in [1.29, 1.82) is 0 Å². The first kappa shape index (κ1) is 27.7. The van der Waals surface area contributed by atoms with Crippen molar-refractivity contribution in [3.63, 3.8) is 0 Å². The van der Waals surface area contributed by atoms with Crippen LogP contribution >= 0.6 is 11.8 Å². The predicted octanol–water partition coefficient (Wildman–Crippen LogP) is 4.13. The van der Waals surface area contributed by atoms with E-state index in [0.717, 1.165) is 12.0 Å². The van der Waals surface area contributed by atoms with E-state index in [2.05, 4.69) is 27.4 Å². The van der Waals surface area contributed by atoms with Crippen molar-refractivity contribution in [2.45, 2.75) is 81.5 Å². The number of carboxylic acid groups (broad SMARTS) is 1. The molecule has 6 atom stereocenters. The summed E-state index contributed by atoms with van der Waals surface area (Å²) in [5.74, 6) is -3.15. The van der Waals surface area contributed by atoms with E-state index < -0.39 is 40.2 Å². The number of nitrogens with zero attached hydrogens (tertiary/aromatic N) is 2. The Morgan fingerprint density at radius 1 is 1.24 bits per heavy atom. The van der Waals surface area contributed by atoms with Crippen molar-refractivity contribution < 1.29 is 24.6 Å². The Balaban J connectivity index is 1.86. The van der Waals surface area contributed by atoms with Gasteiger partial charge in [0, 0.05) is 17.3 Å². The molecule has 3 aliphatic heterocycles. The fourth-order valence-corrected chi connectivity index (χ4v) is 9.52. The number of carbonyl (C=O) groups excluding carboxylic acids is 2. The lowest BCUT2D eigenvalue weighted by Crippen LogP contribution is -2.60. The highest BCUT2D eigenvalue weighted by molar-refractivity contribution is 8.02. The van der Waals surface area contributed by atoms with Gasteiger partial charge in [0.2, 0.25) is 11.8 Å². The van der Waals surface area contributed by atoms with Crippen LogP contribution in [0.2, 0.25) is 0 Å². The minimum Gasteiger partial charge on any atom is -0.481 e. The highest BCUT2D eigenvalue weighted by atomic mass is 32.2. The molecule has 0 radical (unpaired) electrons. The summed E-state index contributed by atoms with van der Waals surface area (Å²) in [5, 5.41) is 20.5. The number of thioether (sulfide) groups is 1. The Morgan fingerprint density at radius 3 is 2.43 bits per heavy atom. The van der Waals surface area contributed by atoms with E-state index in [1.54, 1.807) is 6.08 Å². The number of rotatable bonds is 9. The van der Waals surface area contributed by atoms with Crippen LogP contribution in [0.4, 0.5) is 0 Å². The molecular formula is C29H40N2O5S. The van der Waals surface area contributed by atoms with E-state index in [4.69, 9.17) is 0 Å². The summed E-state index contributed by atoms with van der Waals surface area (Å²) < 4.78 is -0.832. The molecule has 1 spiro atoms. The summed E-state index contributed by atoms with van der Waals surface area (Å²) in [5.41, 5.74) is 0.132. The average molecular weight is 529 g/mol.